The molecule has 0 bridgehead atoms. The predicted octanol–water partition coefficient (Wildman–Crippen LogP) is 7.26. The van der Waals surface area contributed by atoms with Crippen molar-refractivity contribution < 1.29 is 28.7 Å². The molecule has 1 N–H and O–H groups in total. The van der Waals surface area contributed by atoms with Crippen LogP contribution in [-0.4, -0.2) is 55.8 Å². The Hall–Kier alpha value is -6.22. The Kier molecular flexibility index (Phi) is 9.53. The fraction of sp³-hybridized carbons (Fsp3) is 0.150. The minimum absolute atomic E-state index is 0.212. The van der Waals surface area contributed by atoms with E-state index in [9.17, 15) is 19.2 Å². The van der Waals surface area contributed by atoms with Gasteiger partial charge in [-0.25, -0.2) is 0 Å². The standard InChI is InChI=1S/C40H35N3O6/c1-26-18-20-29(27-12-5-4-6-13-27)32(24-26)37(44)41-33-21-19-28(25-36(33)48-3)38(45)42(2)34-16-9-10-17-35(34)49-23-11-22-43-39(46)30-14-7-8-15-31(30)40(43)47/h4-10,12-21,24-25H,11,22-23H2,1-3H3,(H,41,44). The van der Waals surface area contributed by atoms with Crippen molar-refractivity contribution in [3.05, 3.63) is 143 Å². The maximum absolute atomic E-state index is 13.7. The van der Waals surface area contributed by atoms with Crippen LogP contribution in [0.15, 0.2) is 115 Å². The highest BCUT2D eigenvalue weighted by molar-refractivity contribution is 6.21. The average molecular weight is 654 g/mol. The van der Waals surface area contributed by atoms with Gasteiger partial charge in [-0.05, 0) is 73.0 Å². The molecule has 9 heteroatoms. The number of benzene rings is 5. The third-order valence-corrected chi connectivity index (χ3v) is 8.39. The number of carbonyl (C=O) groups excluding carboxylic acids is 4. The second kappa shape index (κ2) is 14.3. The Morgan fingerprint density at radius 2 is 1.43 bits per heavy atom. The van der Waals surface area contributed by atoms with Gasteiger partial charge in [0.15, 0.2) is 0 Å². The van der Waals surface area contributed by atoms with E-state index < -0.39 is 0 Å². The number of imide groups is 1. The highest BCUT2D eigenvalue weighted by Gasteiger charge is 2.34. The summed E-state index contributed by atoms with van der Waals surface area (Å²) in [5, 5.41) is 2.96. The van der Waals surface area contributed by atoms with Gasteiger partial charge in [-0.1, -0.05) is 72.3 Å². The lowest BCUT2D eigenvalue weighted by atomic mass is 9.97. The number of rotatable bonds is 11. The third kappa shape index (κ3) is 6.78. The maximum atomic E-state index is 13.7. The Labute approximate surface area is 284 Å². The van der Waals surface area contributed by atoms with Gasteiger partial charge < -0.3 is 19.7 Å². The van der Waals surface area contributed by atoms with Crippen molar-refractivity contribution in [1.29, 1.82) is 0 Å². The molecule has 5 aromatic carbocycles. The van der Waals surface area contributed by atoms with Crippen LogP contribution in [-0.2, 0) is 0 Å². The number of aryl methyl sites for hydroxylation is 1. The number of fused-ring (bicyclic) bond motifs is 1. The Morgan fingerprint density at radius 3 is 2.14 bits per heavy atom. The number of para-hydroxylation sites is 2. The summed E-state index contributed by atoms with van der Waals surface area (Å²) in [6, 6.07) is 34.3. The van der Waals surface area contributed by atoms with Gasteiger partial charge in [0, 0.05) is 24.7 Å². The lowest BCUT2D eigenvalue weighted by Crippen LogP contribution is -2.31. The molecular formula is C40H35N3O6. The van der Waals surface area contributed by atoms with Crippen LogP contribution in [0.4, 0.5) is 11.4 Å². The number of nitrogens with one attached hydrogen (secondary N) is 1. The van der Waals surface area contributed by atoms with Gasteiger partial charge >= 0.3 is 0 Å². The molecular weight excluding hydrogens is 618 g/mol. The molecule has 0 aromatic heterocycles. The van der Waals surface area contributed by atoms with E-state index in [1.54, 1.807) is 73.8 Å². The molecule has 0 unspecified atom stereocenters. The van der Waals surface area contributed by atoms with Gasteiger partial charge in [-0.3, -0.25) is 24.1 Å². The highest BCUT2D eigenvalue weighted by atomic mass is 16.5. The molecule has 0 spiro atoms. The zero-order chi connectivity index (χ0) is 34.5. The molecule has 0 radical (unpaired) electrons. The summed E-state index contributed by atoms with van der Waals surface area (Å²) in [4.78, 5) is 55.3. The first-order chi connectivity index (χ1) is 23.8. The van der Waals surface area contributed by atoms with Crippen LogP contribution < -0.4 is 19.7 Å². The number of nitrogens with zero attached hydrogens (tertiary/aromatic N) is 2. The first-order valence-corrected chi connectivity index (χ1v) is 15.9. The number of hydrogen-bond acceptors (Lipinski definition) is 6. The minimum atomic E-state index is -0.316. The van der Waals surface area contributed by atoms with Crippen LogP contribution in [0.25, 0.3) is 11.1 Å². The summed E-state index contributed by atoms with van der Waals surface area (Å²) in [6.07, 6.45) is 0.414. The molecule has 0 saturated carbocycles. The molecule has 5 aromatic rings. The second-order valence-electron chi connectivity index (χ2n) is 11.6. The lowest BCUT2D eigenvalue weighted by molar-refractivity contribution is 0.0646. The number of hydrogen-bond donors (Lipinski definition) is 1. The largest absolute Gasteiger partial charge is 0.495 e. The summed E-state index contributed by atoms with van der Waals surface area (Å²) < 4.78 is 11.6. The second-order valence-corrected chi connectivity index (χ2v) is 11.6. The van der Waals surface area contributed by atoms with E-state index in [2.05, 4.69) is 5.32 Å². The molecule has 0 atom stereocenters. The molecule has 6 rings (SSSR count). The average Bonchev–Trinajstić information content (AvgIpc) is 3.38. The summed E-state index contributed by atoms with van der Waals surface area (Å²) in [5.74, 6) is -0.420. The SMILES string of the molecule is COc1cc(C(=O)N(C)c2ccccc2OCCCN2C(=O)c3ccccc3C2=O)ccc1NC(=O)c1cc(C)ccc1-c1ccccc1. The molecule has 246 valence electrons. The van der Waals surface area contributed by atoms with E-state index in [1.165, 1.54) is 16.9 Å². The van der Waals surface area contributed by atoms with Gasteiger partial charge in [0.1, 0.15) is 11.5 Å². The van der Waals surface area contributed by atoms with Gasteiger partial charge in [-0.15, -0.1) is 0 Å². The van der Waals surface area contributed by atoms with Crippen LogP contribution in [0.1, 0.15) is 53.4 Å². The van der Waals surface area contributed by atoms with Crippen LogP contribution in [0.5, 0.6) is 11.5 Å². The van der Waals surface area contributed by atoms with E-state index >= 15 is 0 Å². The molecule has 9 nitrogen and oxygen atoms in total. The van der Waals surface area contributed by atoms with Crippen molar-refractivity contribution in [2.24, 2.45) is 0 Å². The predicted molar refractivity (Wildman–Crippen MR) is 189 cm³/mol. The summed E-state index contributed by atoms with van der Waals surface area (Å²) in [6.45, 7) is 2.37. The summed E-state index contributed by atoms with van der Waals surface area (Å²) in [7, 11) is 3.13. The first-order valence-electron chi connectivity index (χ1n) is 15.9. The number of methoxy groups -OCH3 is 1. The van der Waals surface area contributed by atoms with Crippen LogP contribution in [0, 0.1) is 6.92 Å². The molecule has 49 heavy (non-hydrogen) atoms. The fourth-order valence-corrected chi connectivity index (χ4v) is 5.84. The van der Waals surface area contributed by atoms with Crippen molar-refractivity contribution in [2.75, 3.05) is 37.5 Å². The van der Waals surface area contributed by atoms with E-state index in [-0.39, 0.29) is 36.8 Å². The quantitative estimate of drug-likeness (QED) is 0.119. The molecule has 1 aliphatic rings. The van der Waals surface area contributed by atoms with Gasteiger partial charge in [0.2, 0.25) is 0 Å². The number of carbonyl (C=O) groups is 4. The maximum Gasteiger partial charge on any atom is 0.261 e. The molecule has 4 amide bonds. The summed E-state index contributed by atoms with van der Waals surface area (Å²) in [5.41, 5.74) is 5.34. The number of ether oxygens (including phenoxy) is 2. The number of anilines is 2. The lowest BCUT2D eigenvalue weighted by Gasteiger charge is -2.22. The molecule has 1 heterocycles. The molecule has 0 saturated heterocycles. The van der Waals surface area contributed by atoms with Crippen molar-refractivity contribution in [2.45, 2.75) is 13.3 Å². The monoisotopic (exact) mass is 653 g/mol. The molecule has 1 aliphatic heterocycles. The number of amides is 4. The van der Waals surface area contributed by atoms with E-state index in [0.29, 0.717) is 51.5 Å². The van der Waals surface area contributed by atoms with E-state index in [0.717, 1.165) is 16.7 Å². The van der Waals surface area contributed by atoms with Crippen LogP contribution in [0.3, 0.4) is 0 Å². The van der Waals surface area contributed by atoms with Gasteiger partial charge in [0.05, 0.1) is 36.2 Å². The highest BCUT2D eigenvalue weighted by Crippen LogP contribution is 2.32. The molecule has 0 aliphatic carbocycles. The molecule has 0 fully saturated rings. The topological polar surface area (TPSA) is 105 Å². The zero-order valence-electron chi connectivity index (χ0n) is 27.4. The fourth-order valence-electron chi connectivity index (χ4n) is 5.84. The van der Waals surface area contributed by atoms with Gasteiger partial charge in [0.25, 0.3) is 23.6 Å². The van der Waals surface area contributed by atoms with Crippen LogP contribution in [0.2, 0.25) is 0 Å². The smallest absolute Gasteiger partial charge is 0.261 e. The minimum Gasteiger partial charge on any atom is -0.495 e. The van der Waals surface area contributed by atoms with Crippen molar-refractivity contribution >= 4 is 35.0 Å². The zero-order valence-corrected chi connectivity index (χ0v) is 27.4. The summed E-state index contributed by atoms with van der Waals surface area (Å²) >= 11 is 0. The third-order valence-electron chi connectivity index (χ3n) is 8.39. The Bertz CT molecular complexity index is 2020. The van der Waals surface area contributed by atoms with E-state index in [1.807, 2.05) is 55.5 Å². The van der Waals surface area contributed by atoms with Crippen molar-refractivity contribution in [3.63, 3.8) is 0 Å². The Balaban J connectivity index is 1.12. The van der Waals surface area contributed by atoms with Gasteiger partial charge in [-0.2, -0.15) is 0 Å². The van der Waals surface area contributed by atoms with E-state index in [4.69, 9.17) is 9.47 Å². The normalized spacial score (nSPS) is 12.0. The van der Waals surface area contributed by atoms with Crippen molar-refractivity contribution in [3.8, 4) is 22.6 Å². The first kappa shape index (κ1) is 32.7. The van der Waals surface area contributed by atoms with Crippen LogP contribution >= 0.6 is 0 Å². The van der Waals surface area contributed by atoms with Crippen molar-refractivity contribution in [1.82, 2.24) is 4.90 Å². The Morgan fingerprint density at radius 1 is 0.755 bits per heavy atom.